The average molecular weight is 319 g/mol. The van der Waals surface area contributed by atoms with Crippen LogP contribution in [-0.4, -0.2) is 28.9 Å². The van der Waals surface area contributed by atoms with Crippen LogP contribution in [0.1, 0.15) is 23.4 Å². The van der Waals surface area contributed by atoms with Crippen LogP contribution in [-0.2, 0) is 9.59 Å². The lowest BCUT2D eigenvalue weighted by Gasteiger charge is -2.13. The number of hydrogen-bond acceptors (Lipinski definition) is 4. The number of halogens is 1. The van der Waals surface area contributed by atoms with E-state index in [0.717, 1.165) is 0 Å². The molecule has 0 fully saturated rings. The Morgan fingerprint density at radius 1 is 1.44 bits per heavy atom. The van der Waals surface area contributed by atoms with E-state index in [1.165, 1.54) is 12.1 Å². The molecule has 0 aliphatic heterocycles. The van der Waals surface area contributed by atoms with Crippen LogP contribution in [0.4, 0.5) is 0 Å². The largest absolute Gasteiger partial charge is 0.481 e. The molecule has 0 saturated heterocycles. The number of primary amides is 1. The minimum absolute atomic E-state index is 0.00319. The van der Waals surface area contributed by atoms with Gasteiger partial charge in [0.05, 0.1) is 0 Å². The Bertz CT molecular complexity index is 471. The third-order valence-electron chi connectivity index (χ3n) is 2.09. The molecule has 0 aromatic carbocycles. The SMILES string of the molecule is NC(=O)[C@H](CCC(=O)O)NC(=O)c1ccc(Br)o1. The van der Waals surface area contributed by atoms with Crippen LogP contribution in [0, 0.1) is 0 Å². The number of furan rings is 1. The summed E-state index contributed by atoms with van der Waals surface area (Å²) in [7, 11) is 0. The van der Waals surface area contributed by atoms with Gasteiger partial charge in [0, 0.05) is 6.42 Å². The first-order valence-corrected chi connectivity index (χ1v) is 5.76. The Morgan fingerprint density at radius 2 is 2.11 bits per heavy atom. The van der Waals surface area contributed by atoms with Crippen molar-refractivity contribution < 1.29 is 23.9 Å². The van der Waals surface area contributed by atoms with E-state index in [1.807, 2.05) is 0 Å². The third-order valence-corrected chi connectivity index (χ3v) is 2.52. The molecule has 98 valence electrons. The Kier molecular flexibility index (Phi) is 4.90. The van der Waals surface area contributed by atoms with E-state index in [2.05, 4.69) is 21.2 Å². The summed E-state index contributed by atoms with van der Waals surface area (Å²) in [6, 6.07) is 1.89. The van der Waals surface area contributed by atoms with E-state index < -0.39 is 23.8 Å². The van der Waals surface area contributed by atoms with E-state index >= 15 is 0 Å². The van der Waals surface area contributed by atoms with Crippen LogP contribution in [0.3, 0.4) is 0 Å². The molecule has 0 bridgehead atoms. The molecule has 1 heterocycles. The van der Waals surface area contributed by atoms with Gasteiger partial charge in [-0.3, -0.25) is 14.4 Å². The third kappa shape index (κ3) is 4.21. The van der Waals surface area contributed by atoms with Gasteiger partial charge in [0.2, 0.25) is 5.91 Å². The predicted octanol–water partition coefficient (Wildman–Crippen LogP) is 0.491. The van der Waals surface area contributed by atoms with Gasteiger partial charge in [-0.15, -0.1) is 0 Å². The van der Waals surface area contributed by atoms with Gasteiger partial charge in [0.25, 0.3) is 5.91 Å². The highest BCUT2D eigenvalue weighted by atomic mass is 79.9. The normalized spacial score (nSPS) is 11.8. The van der Waals surface area contributed by atoms with Gasteiger partial charge in [-0.25, -0.2) is 0 Å². The van der Waals surface area contributed by atoms with Crippen LogP contribution in [0.15, 0.2) is 21.2 Å². The summed E-state index contributed by atoms with van der Waals surface area (Å²) in [5.41, 5.74) is 5.07. The number of carbonyl (C=O) groups excluding carboxylic acids is 2. The van der Waals surface area contributed by atoms with Gasteiger partial charge in [0.15, 0.2) is 10.4 Å². The maximum Gasteiger partial charge on any atom is 0.303 e. The van der Waals surface area contributed by atoms with Gasteiger partial charge in [-0.1, -0.05) is 0 Å². The molecular formula is C10H11BrN2O5. The molecular weight excluding hydrogens is 308 g/mol. The van der Waals surface area contributed by atoms with Crippen LogP contribution >= 0.6 is 15.9 Å². The van der Waals surface area contributed by atoms with Crippen molar-refractivity contribution in [1.82, 2.24) is 5.32 Å². The zero-order valence-corrected chi connectivity index (χ0v) is 10.8. The summed E-state index contributed by atoms with van der Waals surface area (Å²) in [4.78, 5) is 33.1. The highest BCUT2D eigenvalue weighted by Gasteiger charge is 2.21. The number of carbonyl (C=O) groups is 3. The number of hydrogen-bond donors (Lipinski definition) is 3. The van der Waals surface area contributed by atoms with Crippen molar-refractivity contribution in [3.63, 3.8) is 0 Å². The predicted molar refractivity (Wildman–Crippen MR) is 63.7 cm³/mol. The molecule has 1 atom stereocenters. The van der Waals surface area contributed by atoms with Gasteiger partial charge in [-0.2, -0.15) is 0 Å². The molecule has 0 saturated carbocycles. The first-order chi connectivity index (χ1) is 8.40. The number of carboxylic acids is 1. The second-order valence-electron chi connectivity index (χ2n) is 3.46. The lowest BCUT2D eigenvalue weighted by Crippen LogP contribution is -2.44. The van der Waals surface area contributed by atoms with Crippen molar-refractivity contribution in [3.05, 3.63) is 22.6 Å². The number of nitrogens with one attached hydrogen (secondary N) is 1. The highest BCUT2D eigenvalue weighted by Crippen LogP contribution is 2.14. The number of nitrogens with two attached hydrogens (primary N) is 1. The van der Waals surface area contributed by atoms with Crippen molar-refractivity contribution in [3.8, 4) is 0 Å². The molecule has 0 aliphatic rings. The molecule has 18 heavy (non-hydrogen) atoms. The molecule has 4 N–H and O–H groups in total. The van der Waals surface area contributed by atoms with Crippen molar-refractivity contribution in [2.75, 3.05) is 0 Å². The van der Waals surface area contributed by atoms with Gasteiger partial charge in [0.1, 0.15) is 6.04 Å². The average Bonchev–Trinajstić information content (AvgIpc) is 2.70. The smallest absolute Gasteiger partial charge is 0.303 e. The number of carboxylic acid groups (broad SMARTS) is 1. The first-order valence-electron chi connectivity index (χ1n) is 4.97. The topological polar surface area (TPSA) is 123 Å². The van der Waals surface area contributed by atoms with Gasteiger partial charge in [-0.05, 0) is 34.5 Å². The summed E-state index contributed by atoms with van der Waals surface area (Å²) in [6.45, 7) is 0. The van der Waals surface area contributed by atoms with Gasteiger partial charge < -0.3 is 20.6 Å². The van der Waals surface area contributed by atoms with E-state index in [1.54, 1.807) is 0 Å². The second kappa shape index (κ2) is 6.20. The van der Waals surface area contributed by atoms with Gasteiger partial charge >= 0.3 is 5.97 Å². The standard InChI is InChI=1S/C10H11BrN2O5/c11-7-3-2-6(18-7)10(17)13-5(9(12)16)1-4-8(14)15/h2-3,5H,1,4H2,(H2,12,16)(H,13,17)(H,14,15)/t5-/m0/s1. The quantitative estimate of drug-likeness (QED) is 0.704. The summed E-state index contributed by atoms with van der Waals surface area (Å²) in [5.74, 6) is -2.50. The van der Waals surface area contributed by atoms with E-state index in [4.69, 9.17) is 15.3 Å². The van der Waals surface area contributed by atoms with Crippen LogP contribution < -0.4 is 11.1 Å². The summed E-state index contributed by atoms with van der Waals surface area (Å²) in [5, 5.41) is 10.8. The van der Waals surface area contributed by atoms with Crippen LogP contribution in [0.5, 0.6) is 0 Å². The lowest BCUT2D eigenvalue weighted by molar-refractivity contribution is -0.137. The number of amides is 2. The van der Waals surface area contributed by atoms with Crippen LogP contribution in [0.25, 0.3) is 0 Å². The fourth-order valence-corrected chi connectivity index (χ4v) is 1.53. The zero-order chi connectivity index (χ0) is 13.7. The number of aliphatic carboxylic acids is 1. The maximum atomic E-state index is 11.6. The summed E-state index contributed by atoms with van der Waals surface area (Å²) in [6.07, 6.45) is -0.339. The maximum absolute atomic E-state index is 11.6. The molecule has 0 radical (unpaired) electrons. The molecule has 1 rings (SSSR count). The minimum Gasteiger partial charge on any atom is -0.481 e. The van der Waals surface area contributed by atoms with Crippen molar-refractivity contribution >= 4 is 33.7 Å². The molecule has 1 aromatic heterocycles. The Morgan fingerprint density at radius 3 is 2.56 bits per heavy atom. The van der Waals surface area contributed by atoms with Crippen molar-refractivity contribution in [2.45, 2.75) is 18.9 Å². The monoisotopic (exact) mass is 318 g/mol. The molecule has 2 amide bonds. The molecule has 8 heteroatoms. The van der Waals surface area contributed by atoms with E-state index in [0.29, 0.717) is 4.67 Å². The lowest BCUT2D eigenvalue weighted by atomic mass is 10.1. The fraction of sp³-hybridized carbons (Fsp3) is 0.300. The second-order valence-corrected chi connectivity index (χ2v) is 4.25. The summed E-state index contributed by atoms with van der Waals surface area (Å²) >= 11 is 3.03. The highest BCUT2D eigenvalue weighted by molar-refractivity contribution is 9.10. The molecule has 1 aromatic rings. The fourth-order valence-electron chi connectivity index (χ4n) is 1.22. The first kappa shape index (κ1) is 14.2. The number of rotatable bonds is 6. The zero-order valence-electron chi connectivity index (χ0n) is 9.18. The molecule has 0 spiro atoms. The molecule has 0 aliphatic carbocycles. The van der Waals surface area contributed by atoms with E-state index in [9.17, 15) is 14.4 Å². The van der Waals surface area contributed by atoms with Crippen molar-refractivity contribution in [1.29, 1.82) is 0 Å². The molecule has 7 nitrogen and oxygen atoms in total. The summed E-state index contributed by atoms with van der Waals surface area (Å²) < 4.78 is 5.36. The van der Waals surface area contributed by atoms with Crippen molar-refractivity contribution in [2.24, 2.45) is 5.73 Å². The Balaban J connectivity index is 2.63. The molecule has 0 unspecified atom stereocenters. The Hall–Kier alpha value is -1.83. The van der Waals surface area contributed by atoms with E-state index in [-0.39, 0.29) is 18.6 Å². The Labute approximate surface area is 110 Å². The minimum atomic E-state index is -1.07. The van der Waals surface area contributed by atoms with Crippen LogP contribution in [0.2, 0.25) is 0 Å².